The van der Waals surface area contributed by atoms with Crippen LogP contribution < -0.4 is 5.56 Å². The molecule has 12 heavy (non-hydrogen) atoms. The second-order valence-electron chi connectivity index (χ2n) is 2.40. The lowest BCUT2D eigenvalue weighted by molar-refractivity contribution is 0.260. The van der Waals surface area contributed by atoms with Crippen LogP contribution in [0.5, 0.6) is 0 Å². The lowest BCUT2D eigenvalue weighted by Gasteiger charge is -2.01. The maximum Gasteiger partial charge on any atom is 0.254 e. The minimum atomic E-state index is -0.331. The maximum atomic E-state index is 11.1. The van der Waals surface area contributed by atoms with Gasteiger partial charge in [-0.3, -0.25) is 4.79 Å². The van der Waals surface area contributed by atoms with Gasteiger partial charge in [0.15, 0.2) is 0 Å². The van der Waals surface area contributed by atoms with Crippen molar-refractivity contribution in [3.63, 3.8) is 0 Å². The zero-order chi connectivity index (χ0) is 9.14. The molecule has 0 atom stereocenters. The van der Waals surface area contributed by atoms with E-state index in [1.54, 1.807) is 6.92 Å². The van der Waals surface area contributed by atoms with Crippen molar-refractivity contribution < 1.29 is 10.2 Å². The molecule has 0 saturated heterocycles. The van der Waals surface area contributed by atoms with Crippen molar-refractivity contribution in [2.45, 2.75) is 20.1 Å². The van der Waals surface area contributed by atoms with Gasteiger partial charge in [-0.1, -0.05) is 0 Å². The van der Waals surface area contributed by atoms with E-state index in [1.165, 1.54) is 0 Å². The molecule has 0 aliphatic heterocycles. The molecule has 0 fully saturated rings. The summed E-state index contributed by atoms with van der Waals surface area (Å²) < 4.78 is 0. The Kier molecular flexibility index (Phi) is 2.57. The van der Waals surface area contributed by atoms with E-state index in [9.17, 15) is 4.79 Å². The Morgan fingerprint density at radius 1 is 1.42 bits per heavy atom. The van der Waals surface area contributed by atoms with Gasteiger partial charge < -0.3 is 15.2 Å². The molecule has 0 aliphatic rings. The summed E-state index contributed by atoms with van der Waals surface area (Å²) in [7, 11) is 0. The number of aliphatic hydroxyl groups is 2. The summed E-state index contributed by atoms with van der Waals surface area (Å²) in [6, 6.07) is 0. The van der Waals surface area contributed by atoms with Crippen molar-refractivity contribution in [2.75, 3.05) is 0 Å². The molecular formula is C7H10N2O3. The summed E-state index contributed by atoms with van der Waals surface area (Å²) in [6.45, 7) is 0.948. The molecule has 0 bridgehead atoms. The summed E-state index contributed by atoms with van der Waals surface area (Å²) in [5.74, 6) is 0.176. The third kappa shape index (κ3) is 1.51. The van der Waals surface area contributed by atoms with Gasteiger partial charge in [-0.2, -0.15) is 0 Å². The highest BCUT2D eigenvalue weighted by atomic mass is 16.3. The predicted molar refractivity (Wildman–Crippen MR) is 41.4 cm³/mol. The van der Waals surface area contributed by atoms with Crippen LogP contribution in [0.1, 0.15) is 17.1 Å². The van der Waals surface area contributed by atoms with Gasteiger partial charge in [-0.05, 0) is 6.92 Å². The van der Waals surface area contributed by atoms with Crippen molar-refractivity contribution in [2.24, 2.45) is 0 Å². The molecule has 0 unspecified atom stereocenters. The Morgan fingerprint density at radius 2 is 2.08 bits per heavy atom. The fourth-order valence-electron chi connectivity index (χ4n) is 0.859. The van der Waals surface area contributed by atoms with Crippen LogP contribution in [0.25, 0.3) is 0 Å². The highest BCUT2D eigenvalue weighted by molar-refractivity contribution is 5.14. The van der Waals surface area contributed by atoms with Crippen LogP contribution in [0.2, 0.25) is 0 Å². The first-order valence-electron chi connectivity index (χ1n) is 3.49. The lowest BCUT2D eigenvalue weighted by Crippen LogP contribution is -2.17. The summed E-state index contributed by atoms with van der Waals surface area (Å²) in [4.78, 5) is 17.2. The Bertz CT molecular complexity index is 332. The molecule has 1 aromatic heterocycles. The topological polar surface area (TPSA) is 86.2 Å². The summed E-state index contributed by atoms with van der Waals surface area (Å²) in [6.07, 6.45) is 0. The first-order valence-corrected chi connectivity index (χ1v) is 3.49. The maximum absolute atomic E-state index is 11.1. The predicted octanol–water partition coefficient (Wildman–Crippen LogP) is -0.937. The highest BCUT2D eigenvalue weighted by Crippen LogP contribution is 1.98. The van der Waals surface area contributed by atoms with Crippen LogP contribution in [-0.2, 0) is 13.2 Å². The van der Waals surface area contributed by atoms with Crippen LogP contribution in [0, 0.1) is 6.92 Å². The summed E-state index contributed by atoms with van der Waals surface area (Å²) in [5, 5.41) is 17.4. The number of rotatable bonds is 2. The van der Waals surface area contributed by atoms with Crippen LogP contribution in [0.3, 0.4) is 0 Å². The SMILES string of the molecule is Cc1c(CO)nc(CO)[nH]c1=O. The van der Waals surface area contributed by atoms with Gasteiger partial charge >= 0.3 is 0 Å². The van der Waals surface area contributed by atoms with Crippen LogP contribution in [0.4, 0.5) is 0 Å². The molecule has 0 aromatic carbocycles. The van der Waals surface area contributed by atoms with Gasteiger partial charge in [0.1, 0.15) is 12.4 Å². The smallest absolute Gasteiger partial charge is 0.254 e. The van der Waals surface area contributed by atoms with E-state index < -0.39 is 0 Å². The van der Waals surface area contributed by atoms with Crippen molar-refractivity contribution in [1.29, 1.82) is 0 Å². The second kappa shape index (κ2) is 3.46. The van der Waals surface area contributed by atoms with Gasteiger partial charge in [-0.25, -0.2) is 4.98 Å². The molecule has 66 valence electrons. The average molecular weight is 170 g/mol. The van der Waals surface area contributed by atoms with Crippen LogP contribution in [0.15, 0.2) is 4.79 Å². The first kappa shape index (κ1) is 8.89. The van der Waals surface area contributed by atoms with Gasteiger partial charge in [0.05, 0.1) is 12.3 Å². The fourth-order valence-corrected chi connectivity index (χ4v) is 0.859. The summed E-state index contributed by atoms with van der Waals surface area (Å²) in [5.41, 5.74) is 0.371. The average Bonchev–Trinajstić information content (AvgIpc) is 2.09. The normalized spacial score (nSPS) is 10.2. The second-order valence-corrected chi connectivity index (χ2v) is 2.40. The Morgan fingerprint density at radius 3 is 2.58 bits per heavy atom. The minimum Gasteiger partial charge on any atom is -0.390 e. The molecule has 0 amide bonds. The number of aromatic amines is 1. The molecule has 0 spiro atoms. The number of aromatic nitrogens is 2. The van der Waals surface area contributed by atoms with Gasteiger partial charge in [0, 0.05) is 5.56 Å². The first-order chi connectivity index (χ1) is 5.69. The number of hydrogen-bond acceptors (Lipinski definition) is 4. The van der Waals surface area contributed by atoms with Crippen molar-refractivity contribution in [3.05, 3.63) is 27.4 Å². The monoisotopic (exact) mass is 170 g/mol. The third-order valence-electron chi connectivity index (χ3n) is 1.60. The largest absolute Gasteiger partial charge is 0.390 e. The zero-order valence-corrected chi connectivity index (χ0v) is 6.66. The van der Waals surface area contributed by atoms with Crippen molar-refractivity contribution >= 4 is 0 Å². The molecule has 5 nitrogen and oxygen atoms in total. The van der Waals surface area contributed by atoms with Gasteiger partial charge in [0.2, 0.25) is 0 Å². The minimum absolute atomic E-state index is 0.176. The molecular weight excluding hydrogens is 160 g/mol. The Hall–Kier alpha value is -1.20. The van der Waals surface area contributed by atoms with Gasteiger partial charge in [0.25, 0.3) is 5.56 Å². The Labute approximate surface area is 68.7 Å². The molecule has 1 rings (SSSR count). The molecule has 0 radical (unpaired) electrons. The lowest BCUT2D eigenvalue weighted by atomic mass is 10.2. The Balaban J connectivity index is 3.29. The molecule has 1 heterocycles. The molecule has 3 N–H and O–H groups in total. The van der Waals surface area contributed by atoms with E-state index in [-0.39, 0.29) is 24.6 Å². The molecule has 5 heteroatoms. The van der Waals surface area contributed by atoms with Crippen molar-refractivity contribution in [3.8, 4) is 0 Å². The third-order valence-corrected chi connectivity index (χ3v) is 1.60. The van der Waals surface area contributed by atoms with E-state index in [1.807, 2.05) is 0 Å². The van der Waals surface area contributed by atoms with E-state index in [4.69, 9.17) is 10.2 Å². The number of nitrogens with one attached hydrogen (secondary N) is 1. The number of aliphatic hydroxyl groups excluding tert-OH is 2. The van der Waals surface area contributed by atoms with Gasteiger partial charge in [-0.15, -0.1) is 0 Å². The number of H-pyrrole nitrogens is 1. The van der Waals surface area contributed by atoms with Crippen molar-refractivity contribution in [1.82, 2.24) is 9.97 Å². The standard InChI is InChI=1S/C7H10N2O3/c1-4-5(2-10)8-6(3-11)9-7(4)12/h10-11H,2-3H2,1H3,(H,8,9,12). The number of nitrogens with zero attached hydrogens (tertiary/aromatic N) is 1. The number of hydrogen-bond donors (Lipinski definition) is 3. The van der Waals surface area contributed by atoms with E-state index >= 15 is 0 Å². The van der Waals surface area contributed by atoms with Crippen LogP contribution >= 0.6 is 0 Å². The quantitative estimate of drug-likeness (QED) is 0.534. The molecule has 1 aromatic rings. The van der Waals surface area contributed by atoms with E-state index in [0.29, 0.717) is 11.3 Å². The fraction of sp³-hybridized carbons (Fsp3) is 0.429. The van der Waals surface area contributed by atoms with Crippen LogP contribution in [-0.4, -0.2) is 20.2 Å². The zero-order valence-electron chi connectivity index (χ0n) is 6.66. The van der Waals surface area contributed by atoms with E-state index in [0.717, 1.165) is 0 Å². The van der Waals surface area contributed by atoms with E-state index in [2.05, 4.69) is 9.97 Å². The molecule has 0 aliphatic carbocycles. The molecule has 0 saturated carbocycles. The summed E-state index contributed by atoms with van der Waals surface area (Å²) >= 11 is 0. The highest BCUT2D eigenvalue weighted by Gasteiger charge is 2.04.